The Morgan fingerprint density at radius 3 is 1.17 bits per heavy atom. The molecule has 0 unspecified atom stereocenters. The molecule has 4 aromatic rings. The van der Waals surface area contributed by atoms with Crippen molar-refractivity contribution in [1.82, 2.24) is 0 Å². The van der Waals surface area contributed by atoms with Crippen molar-refractivity contribution in [1.29, 1.82) is 0 Å². The minimum Gasteiger partial charge on any atom is -1.00 e. The molecule has 3 heteroatoms. The van der Waals surface area contributed by atoms with E-state index in [9.17, 15) is 0 Å². The van der Waals surface area contributed by atoms with Gasteiger partial charge in [0.05, 0.1) is 0 Å². The smallest absolute Gasteiger partial charge is 1.00 e. The van der Waals surface area contributed by atoms with Gasteiger partial charge in [0.25, 0.3) is 0 Å². The Hall–Kier alpha value is -0.877. The summed E-state index contributed by atoms with van der Waals surface area (Å²) in [4.78, 5) is 0. The normalized spacial score (nSPS) is 11.0. The van der Waals surface area contributed by atoms with E-state index in [0.29, 0.717) is 0 Å². The van der Waals surface area contributed by atoms with Crippen LogP contribution in [-0.4, -0.2) is 0 Å². The molecule has 0 aliphatic rings. The van der Waals surface area contributed by atoms with Crippen molar-refractivity contribution < 1.29 is 51.0 Å². The summed E-state index contributed by atoms with van der Waals surface area (Å²) in [5, 5.41) is 5.50. The first-order valence-corrected chi connectivity index (χ1v) is 9.48. The van der Waals surface area contributed by atoms with Crippen LogP contribution in [0.2, 0.25) is 0 Å². The number of halogens is 2. The Labute approximate surface area is 207 Å². The van der Waals surface area contributed by atoms with Gasteiger partial charge in [-0.3, -0.25) is 0 Å². The summed E-state index contributed by atoms with van der Waals surface area (Å²) in [5.74, 6) is 0. The quantitative estimate of drug-likeness (QED) is 0.320. The SMILES string of the molecule is CC(C)(C)c1c[cH-]c2ccccc12.CC(C)(C)c1c[cH-]c2ccccc12.[Cl-].[Cl-].[Zr+4]. The molecule has 4 rings (SSSR count). The molecule has 0 bridgehead atoms. The van der Waals surface area contributed by atoms with E-state index < -0.39 is 0 Å². The molecule has 0 heterocycles. The maximum absolute atomic E-state index is 2.26. The van der Waals surface area contributed by atoms with Crippen molar-refractivity contribution in [3.05, 3.63) is 83.9 Å². The van der Waals surface area contributed by atoms with Crippen LogP contribution in [-0.2, 0) is 37.0 Å². The van der Waals surface area contributed by atoms with Crippen molar-refractivity contribution in [2.75, 3.05) is 0 Å². The van der Waals surface area contributed by atoms with Gasteiger partial charge in [0.1, 0.15) is 0 Å². The topological polar surface area (TPSA) is 0 Å². The van der Waals surface area contributed by atoms with Gasteiger partial charge in [0, 0.05) is 0 Å². The predicted octanol–water partition coefficient (Wildman–Crippen LogP) is 1.72. The molecule has 0 saturated heterocycles. The van der Waals surface area contributed by atoms with Crippen LogP contribution < -0.4 is 24.8 Å². The maximum Gasteiger partial charge on any atom is 4.00 e. The van der Waals surface area contributed by atoms with Crippen molar-refractivity contribution in [3.63, 3.8) is 0 Å². The van der Waals surface area contributed by atoms with Crippen LogP contribution in [0.5, 0.6) is 0 Å². The Balaban J connectivity index is 0.000000490. The number of hydrogen-bond donors (Lipinski definition) is 0. The summed E-state index contributed by atoms with van der Waals surface area (Å²) >= 11 is 0. The van der Waals surface area contributed by atoms with Gasteiger partial charge in [-0.2, -0.15) is 0 Å². The van der Waals surface area contributed by atoms with E-state index in [0.717, 1.165) is 0 Å². The van der Waals surface area contributed by atoms with Crippen LogP contribution in [0.3, 0.4) is 0 Å². The molecular weight excluding hydrogens is 474 g/mol. The zero-order valence-electron chi connectivity index (χ0n) is 18.2. The minimum absolute atomic E-state index is 0. The molecule has 4 aromatic carbocycles. The molecule has 0 saturated carbocycles. The molecule has 0 aliphatic heterocycles. The number of hydrogen-bond acceptors (Lipinski definition) is 0. The van der Waals surface area contributed by atoms with Gasteiger partial charge in [-0.15, -0.1) is 93.3 Å². The van der Waals surface area contributed by atoms with E-state index in [1.165, 1.54) is 32.7 Å². The Morgan fingerprint density at radius 2 is 0.862 bits per heavy atom. The second-order valence-corrected chi connectivity index (χ2v) is 9.17. The summed E-state index contributed by atoms with van der Waals surface area (Å²) in [6.07, 6.45) is 0. The fourth-order valence-corrected chi connectivity index (χ4v) is 3.61. The summed E-state index contributed by atoms with van der Waals surface area (Å²) < 4.78 is 0. The van der Waals surface area contributed by atoms with Crippen molar-refractivity contribution in [2.45, 2.75) is 52.4 Å². The summed E-state index contributed by atoms with van der Waals surface area (Å²) in [5.41, 5.74) is 3.40. The first-order valence-electron chi connectivity index (χ1n) is 9.48. The third-order valence-corrected chi connectivity index (χ3v) is 4.98. The summed E-state index contributed by atoms with van der Waals surface area (Å²) in [6, 6.07) is 26.0. The van der Waals surface area contributed by atoms with Gasteiger partial charge in [-0.25, -0.2) is 0 Å². The molecule has 0 atom stereocenters. The van der Waals surface area contributed by atoms with Crippen molar-refractivity contribution >= 4 is 21.5 Å². The molecule has 0 N–H and O–H groups in total. The Bertz CT molecular complexity index is 926. The number of rotatable bonds is 0. The van der Waals surface area contributed by atoms with Crippen LogP contribution in [0, 0.1) is 0 Å². The van der Waals surface area contributed by atoms with E-state index in [1.54, 1.807) is 0 Å². The van der Waals surface area contributed by atoms with Crippen LogP contribution in [0.15, 0.2) is 72.8 Å². The van der Waals surface area contributed by atoms with E-state index in [2.05, 4.69) is 114 Å². The van der Waals surface area contributed by atoms with Gasteiger partial charge in [0.2, 0.25) is 0 Å². The van der Waals surface area contributed by atoms with Gasteiger partial charge < -0.3 is 24.8 Å². The molecular formula is C26H30Cl2Zr. The number of fused-ring (bicyclic) bond motifs is 2. The van der Waals surface area contributed by atoms with Gasteiger partial charge in [0.15, 0.2) is 0 Å². The summed E-state index contributed by atoms with van der Waals surface area (Å²) in [6.45, 7) is 13.6. The molecule has 0 spiro atoms. The van der Waals surface area contributed by atoms with Crippen LogP contribution >= 0.6 is 0 Å². The third kappa shape index (κ3) is 6.55. The minimum atomic E-state index is 0. The second kappa shape index (κ2) is 10.9. The van der Waals surface area contributed by atoms with Gasteiger partial charge >= 0.3 is 26.2 Å². The van der Waals surface area contributed by atoms with Gasteiger partial charge in [-0.05, 0) is 0 Å². The summed E-state index contributed by atoms with van der Waals surface area (Å²) in [7, 11) is 0. The molecule has 29 heavy (non-hydrogen) atoms. The molecule has 0 amide bonds. The zero-order chi connectivity index (χ0) is 18.9. The first kappa shape index (κ1) is 28.1. The van der Waals surface area contributed by atoms with E-state index >= 15 is 0 Å². The van der Waals surface area contributed by atoms with E-state index in [1.807, 2.05) is 0 Å². The fraction of sp³-hybridized carbons (Fsp3) is 0.308. The van der Waals surface area contributed by atoms with Crippen molar-refractivity contribution in [2.24, 2.45) is 0 Å². The Kier molecular flexibility index (Phi) is 10.6. The maximum atomic E-state index is 2.26. The predicted molar refractivity (Wildman–Crippen MR) is 116 cm³/mol. The monoisotopic (exact) mass is 502 g/mol. The standard InChI is InChI=1S/2C13H15.2ClH.Zr/c2*1-13(2,3)12-9-8-10-6-4-5-7-11(10)12;;;/h2*4-9H,1-3H3;2*1H;/q2*-1;;;+4/p-2. The van der Waals surface area contributed by atoms with Crippen LogP contribution in [0.4, 0.5) is 0 Å². The first-order chi connectivity index (χ1) is 12.2. The van der Waals surface area contributed by atoms with Crippen molar-refractivity contribution in [3.8, 4) is 0 Å². The molecule has 0 aliphatic carbocycles. The van der Waals surface area contributed by atoms with E-state index in [4.69, 9.17) is 0 Å². The average molecular weight is 505 g/mol. The van der Waals surface area contributed by atoms with Gasteiger partial charge in [-0.1, -0.05) is 64.5 Å². The molecule has 0 aromatic heterocycles. The zero-order valence-corrected chi connectivity index (χ0v) is 22.2. The molecule has 0 nitrogen and oxygen atoms in total. The fourth-order valence-electron chi connectivity index (χ4n) is 3.61. The molecule has 152 valence electrons. The third-order valence-electron chi connectivity index (χ3n) is 4.98. The van der Waals surface area contributed by atoms with Crippen LogP contribution in [0.1, 0.15) is 52.7 Å². The second-order valence-electron chi connectivity index (χ2n) is 9.17. The molecule has 0 fully saturated rings. The Morgan fingerprint density at radius 1 is 0.552 bits per heavy atom. The van der Waals surface area contributed by atoms with Crippen LogP contribution in [0.25, 0.3) is 21.5 Å². The average Bonchev–Trinajstić information content (AvgIpc) is 3.19. The number of benzene rings is 2. The largest absolute Gasteiger partial charge is 4.00 e. The molecule has 0 radical (unpaired) electrons. The van der Waals surface area contributed by atoms with E-state index in [-0.39, 0.29) is 61.8 Å².